The molecule has 1 heterocycles. The molecule has 2 heteroatoms. The molecule has 110 valence electrons. The van der Waals surface area contributed by atoms with Crippen molar-refractivity contribution in [1.82, 2.24) is 0 Å². The van der Waals surface area contributed by atoms with Gasteiger partial charge in [0.1, 0.15) is 5.82 Å². The monoisotopic (exact) mass is 283 g/mol. The lowest BCUT2D eigenvalue weighted by molar-refractivity contribution is 0.589. The fraction of sp³-hybridized carbons (Fsp3) is 0.368. The minimum Gasteiger partial charge on any atom is -0.377 e. The second-order valence-electron chi connectivity index (χ2n) is 6.99. The summed E-state index contributed by atoms with van der Waals surface area (Å²) in [4.78, 5) is 0. The van der Waals surface area contributed by atoms with E-state index in [1.807, 2.05) is 13.0 Å². The maximum absolute atomic E-state index is 13.9. The van der Waals surface area contributed by atoms with E-state index in [1.165, 1.54) is 11.1 Å². The number of fused-ring (bicyclic) bond motifs is 1. The Hall–Kier alpha value is -1.83. The van der Waals surface area contributed by atoms with E-state index in [9.17, 15) is 4.39 Å². The van der Waals surface area contributed by atoms with Crippen molar-refractivity contribution in [3.63, 3.8) is 0 Å². The third kappa shape index (κ3) is 2.55. The zero-order valence-electron chi connectivity index (χ0n) is 13.1. The van der Waals surface area contributed by atoms with Crippen LogP contribution in [0.5, 0.6) is 0 Å². The molecule has 1 unspecified atom stereocenters. The van der Waals surface area contributed by atoms with Crippen molar-refractivity contribution >= 4 is 5.69 Å². The van der Waals surface area contributed by atoms with E-state index in [0.717, 1.165) is 23.2 Å². The molecule has 0 aromatic heterocycles. The minimum absolute atomic E-state index is 0.100. The minimum atomic E-state index is -0.100. The molecular formula is C19H22FN. The number of hydrogen-bond acceptors (Lipinski definition) is 1. The highest BCUT2D eigenvalue weighted by molar-refractivity contribution is 5.63. The molecule has 0 amide bonds. The topological polar surface area (TPSA) is 12.0 Å². The average Bonchev–Trinajstić information content (AvgIpc) is 2.89. The summed E-state index contributed by atoms with van der Waals surface area (Å²) in [6.45, 7) is 8.66. The van der Waals surface area contributed by atoms with Crippen LogP contribution in [0.1, 0.15) is 49.1 Å². The van der Waals surface area contributed by atoms with Crippen molar-refractivity contribution < 1.29 is 4.39 Å². The summed E-state index contributed by atoms with van der Waals surface area (Å²) in [5, 5.41) is 3.48. The standard InChI is InChI=1S/C19H22FN/c1-12-5-10-16(20)15-11-17(21-18(12)15)13-6-8-14(9-7-13)19(2,3)4/h5-10,17,21H,11H2,1-4H3. The van der Waals surface area contributed by atoms with E-state index < -0.39 is 0 Å². The number of anilines is 1. The molecule has 1 N–H and O–H groups in total. The van der Waals surface area contributed by atoms with Gasteiger partial charge in [0.2, 0.25) is 0 Å². The molecule has 0 aliphatic carbocycles. The Labute approximate surface area is 126 Å². The molecule has 1 atom stereocenters. The summed E-state index contributed by atoms with van der Waals surface area (Å²) in [6.07, 6.45) is 0.720. The van der Waals surface area contributed by atoms with Gasteiger partial charge in [-0.2, -0.15) is 0 Å². The molecule has 2 aromatic rings. The van der Waals surface area contributed by atoms with Crippen LogP contribution in [0.25, 0.3) is 0 Å². The third-order valence-corrected chi connectivity index (χ3v) is 4.37. The number of aryl methyl sites for hydroxylation is 1. The Balaban J connectivity index is 1.88. The maximum Gasteiger partial charge on any atom is 0.128 e. The molecule has 0 radical (unpaired) electrons. The van der Waals surface area contributed by atoms with Gasteiger partial charge in [-0.3, -0.25) is 0 Å². The highest BCUT2D eigenvalue weighted by Gasteiger charge is 2.26. The summed E-state index contributed by atoms with van der Waals surface area (Å²) in [5.74, 6) is -0.100. The summed E-state index contributed by atoms with van der Waals surface area (Å²) in [7, 11) is 0. The largest absolute Gasteiger partial charge is 0.377 e. The van der Waals surface area contributed by atoms with Crippen molar-refractivity contribution in [2.24, 2.45) is 0 Å². The lowest BCUT2D eigenvalue weighted by Gasteiger charge is -2.20. The van der Waals surface area contributed by atoms with E-state index in [4.69, 9.17) is 0 Å². The molecule has 0 spiro atoms. The number of nitrogens with one attached hydrogen (secondary N) is 1. The van der Waals surface area contributed by atoms with Crippen molar-refractivity contribution in [3.8, 4) is 0 Å². The van der Waals surface area contributed by atoms with Gasteiger partial charge in [0.15, 0.2) is 0 Å². The lowest BCUT2D eigenvalue weighted by atomic mass is 9.86. The number of halogens is 1. The van der Waals surface area contributed by atoms with E-state index in [0.29, 0.717) is 0 Å². The van der Waals surface area contributed by atoms with Crippen molar-refractivity contribution in [3.05, 3.63) is 64.5 Å². The van der Waals surface area contributed by atoms with Gasteiger partial charge in [0.05, 0.1) is 6.04 Å². The van der Waals surface area contributed by atoms with Crippen LogP contribution in [0.3, 0.4) is 0 Å². The Bertz CT molecular complexity index is 634. The van der Waals surface area contributed by atoms with Gasteiger partial charge >= 0.3 is 0 Å². The zero-order chi connectivity index (χ0) is 15.2. The molecule has 0 saturated carbocycles. The van der Waals surface area contributed by atoms with Gasteiger partial charge in [0.25, 0.3) is 0 Å². The number of hydrogen-bond donors (Lipinski definition) is 1. The predicted octanol–water partition coefficient (Wildman–Crippen LogP) is 5.14. The van der Waals surface area contributed by atoms with Crippen molar-refractivity contribution in [2.75, 3.05) is 5.32 Å². The summed E-state index contributed by atoms with van der Waals surface area (Å²) >= 11 is 0. The molecule has 1 nitrogen and oxygen atoms in total. The van der Waals surface area contributed by atoms with Crippen LogP contribution < -0.4 is 5.32 Å². The predicted molar refractivity (Wildman–Crippen MR) is 86.3 cm³/mol. The van der Waals surface area contributed by atoms with Crippen LogP contribution in [-0.2, 0) is 11.8 Å². The third-order valence-electron chi connectivity index (χ3n) is 4.37. The Kier molecular flexibility index (Phi) is 3.27. The second kappa shape index (κ2) is 4.87. The highest BCUT2D eigenvalue weighted by atomic mass is 19.1. The molecule has 0 fully saturated rings. The van der Waals surface area contributed by atoms with Gasteiger partial charge in [-0.25, -0.2) is 4.39 Å². The van der Waals surface area contributed by atoms with Crippen LogP contribution in [0.15, 0.2) is 36.4 Å². The smallest absolute Gasteiger partial charge is 0.128 e. The van der Waals surface area contributed by atoms with E-state index in [1.54, 1.807) is 6.07 Å². The van der Waals surface area contributed by atoms with Gasteiger partial charge in [-0.05, 0) is 35.1 Å². The zero-order valence-corrected chi connectivity index (χ0v) is 13.1. The molecule has 2 aromatic carbocycles. The fourth-order valence-corrected chi connectivity index (χ4v) is 2.99. The summed E-state index contributed by atoms with van der Waals surface area (Å²) in [6, 6.07) is 12.3. The fourth-order valence-electron chi connectivity index (χ4n) is 2.99. The molecule has 3 rings (SSSR count). The highest BCUT2D eigenvalue weighted by Crippen LogP contribution is 2.38. The Morgan fingerprint density at radius 3 is 2.29 bits per heavy atom. The van der Waals surface area contributed by atoms with E-state index in [-0.39, 0.29) is 17.3 Å². The van der Waals surface area contributed by atoms with Gasteiger partial charge in [-0.1, -0.05) is 51.1 Å². The molecule has 0 bridgehead atoms. The van der Waals surface area contributed by atoms with Crippen LogP contribution in [0.4, 0.5) is 10.1 Å². The van der Waals surface area contributed by atoms with E-state index >= 15 is 0 Å². The molecule has 0 saturated heterocycles. The molecule has 1 aliphatic heterocycles. The number of benzene rings is 2. The second-order valence-corrected chi connectivity index (χ2v) is 6.99. The first-order valence-electron chi connectivity index (χ1n) is 7.51. The van der Waals surface area contributed by atoms with Crippen molar-refractivity contribution in [2.45, 2.75) is 45.6 Å². The Morgan fingerprint density at radius 1 is 1.05 bits per heavy atom. The first-order chi connectivity index (χ1) is 9.86. The first kappa shape index (κ1) is 14.1. The lowest BCUT2D eigenvalue weighted by Crippen LogP contribution is -2.12. The molecule has 1 aliphatic rings. The van der Waals surface area contributed by atoms with Gasteiger partial charge in [-0.15, -0.1) is 0 Å². The normalized spacial score (nSPS) is 17.5. The first-order valence-corrected chi connectivity index (χ1v) is 7.51. The Morgan fingerprint density at radius 2 is 1.71 bits per heavy atom. The van der Waals surface area contributed by atoms with Crippen LogP contribution >= 0.6 is 0 Å². The van der Waals surface area contributed by atoms with Crippen molar-refractivity contribution in [1.29, 1.82) is 0 Å². The van der Waals surface area contributed by atoms with Crippen LogP contribution in [-0.4, -0.2) is 0 Å². The van der Waals surface area contributed by atoms with Crippen LogP contribution in [0.2, 0.25) is 0 Å². The summed E-state index contributed by atoms with van der Waals surface area (Å²) in [5.41, 5.74) is 5.61. The quantitative estimate of drug-likeness (QED) is 0.764. The number of rotatable bonds is 1. The van der Waals surface area contributed by atoms with Gasteiger partial charge in [0, 0.05) is 17.7 Å². The maximum atomic E-state index is 13.9. The van der Waals surface area contributed by atoms with Gasteiger partial charge < -0.3 is 5.32 Å². The molecule has 21 heavy (non-hydrogen) atoms. The molecular weight excluding hydrogens is 261 g/mol. The SMILES string of the molecule is Cc1ccc(F)c2c1NC(c1ccc(C(C)(C)C)cc1)C2. The average molecular weight is 283 g/mol. The van der Waals surface area contributed by atoms with E-state index in [2.05, 4.69) is 50.4 Å². The van der Waals surface area contributed by atoms with Crippen LogP contribution in [0, 0.1) is 12.7 Å². The summed E-state index contributed by atoms with van der Waals surface area (Å²) < 4.78 is 13.9.